The van der Waals surface area contributed by atoms with Crippen LogP contribution in [-0.4, -0.2) is 41.3 Å². The molecule has 0 aromatic heterocycles. The number of nitrogens with zero attached hydrogens (tertiary/aromatic N) is 1. The van der Waals surface area contributed by atoms with Gasteiger partial charge in [-0.1, -0.05) is 19.8 Å². The fourth-order valence-electron chi connectivity index (χ4n) is 3.71. The molecule has 0 bridgehead atoms. The van der Waals surface area contributed by atoms with Crippen LogP contribution in [0, 0.1) is 0 Å². The zero-order valence-electron chi connectivity index (χ0n) is 14.9. The number of amides is 1. The monoisotopic (exact) mass is 310 g/mol. The van der Waals surface area contributed by atoms with Gasteiger partial charge in [0, 0.05) is 18.1 Å². The van der Waals surface area contributed by atoms with Gasteiger partial charge in [0.25, 0.3) is 0 Å². The van der Waals surface area contributed by atoms with Crippen LogP contribution in [0.3, 0.4) is 0 Å². The standard InChI is InChI=1S/C18H34N2O2/c1-5-6-7-12-19-15-9-13-20(16(21)22-17(2,3)4)18(14-15)10-8-11-18/h15,19H,5-14H2,1-4H3. The lowest BCUT2D eigenvalue weighted by Gasteiger charge is -2.54. The highest BCUT2D eigenvalue weighted by molar-refractivity contribution is 5.69. The third-order valence-corrected chi connectivity index (χ3v) is 5.01. The minimum absolute atomic E-state index is 0.0724. The van der Waals surface area contributed by atoms with Crippen molar-refractivity contribution >= 4 is 6.09 Å². The van der Waals surface area contributed by atoms with Crippen molar-refractivity contribution in [2.24, 2.45) is 0 Å². The highest BCUT2D eigenvalue weighted by atomic mass is 16.6. The van der Waals surface area contributed by atoms with Gasteiger partial charge >= 0.3 is 6.09 Å². The van der Waals surface area contributed by atoms with E-state index >= 15 is 0 Å². The molecule has 0 radical (unpaired) electrons. The van der Waals surface area contributed by atoms with E-state index in [-0.39, 0.29) is 11.6 Å². The summed E-state index contributed by atoms with van der Waals surface area (Å²) in [4.78, 5) is 14.5. The SMILES string of the molecule is CCCCCNC1CCN(C(=O)OC(C)(C)C)C2(CCC2)C1. The predicted molar refractivity (Wildman–Crippen MR) is 90.1 cm³/mol. The molecule has 4 nitrogen and oxygen atoms in total. The topological polar surface area (TPSA) is 41.6 Å². The number of ether oxygens (including phenoxy) is 1. The van der Waals surface area contributed by atoms with E-state index in [4.69, 9.17) is 4.74 Å². The summed E-state index contributed by atoms with van der Waals surface area (Å²) >= 11 is 0. The van der Waals surface area contributed by atoms with Crippen molar-refractivity contribution in [1.82, 2.24) is 10.2 Å². The second-order valence-corrected chi connectivity index (χ2v) is 8.06. The Morgan fingerprint density at radius 2 is 2.05 bits per heavy atom. The molecule has 1 spiro atoms. The van der Waals surface area contributed by atoms with Gasteiger partial charge in [-0.15, -0.1) is 0 Å². The molecule has 0 aromatic carbocycles. The van der Waals surface area contributed by atoms with Crippen molar-refractivity contribution < 1.29 is 9.53 Å². The van der Waals surface area contributed by atoms with Gasteiger partial charge in [0.1, 0.15) is 5.60 Å². The van der Waals surface area contributed by atoms with Crippen LogP contribution in [0.25, 0.3) is 0 Å². The van der Waals surface area contributed by atoms with Gasteiger partial charge in [-0.25, -0.2) is 4.79 Å². The number of hydrogen-bond donors (Lipinski definition) is 1. The Balaban J connectivity index is 1.88. The zero-order chi connectivity index (χ0) is 16.2. The molecule has 0 aromatic rings. The average molecular weight is 310 g/mol. The number of unbranched alkanes of at least 4 members (excludes halogenated alkanes) is 2. The molecule has 2 fully saturated rings. The normalized spacial score (nSPS) is 24.2. The summed E-state index contributed by atoms with van der Waals surface area (Å²) in [5.41, 5.74) is -0.333. The maximum absolute atomic E-state index is 12.5. The van der Waals surface area contributed by atoms with E-state index in [0.29, 0.717) is 6.04 Å². The lowest BCUT2D eigenvalue weighted by Crippen LogP contribution is -2.63. The Morgan fingerprint density at radius 1 is 1.32 bits per heavy atom. The van der Waals surface area contributed by atoms with Crippen molar-refractivity contribution in [3.63, 3.8) is 0 Å². The summed E-state index contributed by atoms with van der Waals surface area (Å²) in [6.45, 7) is 10.0. The van der Waals surface area contributed by atoms with E-state index in [1.165, 1.54) is 25.7 Å². The summed E-state index contributed by atoms with van der Waals surface area (Å²) in [6.07, 6.45) is 9.37. The van der Waals surface area contributed by atoms with Crippen molar-refractivity contribution in [2.45, 2.75) is 96.2 Å². The Bertz CT molecular complexity index is 372. The maximum atomic E-state index is 12.5. The molecule has 2 aliphatic rings. The van der Waals surface area contributed by atoms with E-state index in [2.05, 4.69) is 12.2 Å². The van der Waals surface area contributed by atoms with Crippen LogP contribution < -0.4 is 5.32 Å². The quantitative estimate of drug-likeness (QED) is 0.778. The summed E-state index contributed by atoms with van der Waals surface area (Å²) < 4.78 is 5.62. The molecular formula is C18H34N2O2. The van der Waals surface area contributed by atoms with Crippen LogP contribution in [-0.2, 0) is 4.74 Å². The van der Waals surface area contributed by atoms with Gasteiger partial charge in [0.15, 0.2) is 0 Å². The number of piperidine rings is 1. The molecule has 2 rings (SSSR count). The molecule has 1 saturated heterocycles. The molecule has 1 atom stereocenters. The molecule has 1 saturated carbocycles. The van der Waals surface area contributed by atoms with Crippen molar-refractivity contribution in [1.29, 1.82) is 0 Å². The number of carbonyl (C=O) groups excluding carboxylic acids is 1. The van der Waals surface area contributed by atoms with Gasteiger partial charge in [-0.2, -0.15) is 0 Å². The fourth-order valence-corrected chi connectivity index (χ4v) is 3.71. The Kier molecular flexibility index (Phi) is 5.76. The van der Waals surface area contributed by atoms with Crippen LogP contribution in [0.15, 0.2) is 0 Å². The highest BCUT2D eigenvalue weighted by Crippen LogP contribution is 2.45. The molecule has 1 heterocycles. The molecule has 1 aliphatic carbocycles. The van der Waals surface area contributed by atoms with Crippen molar-refractivity contribution in [3.05, 3.63) is 0 Å². The highest BCUT2D eigenvalue weighted by Gasteiger charge is 2.49. The van der Waals surface area contributed by atoms with Gasteiger partial charge in [-0.3, -0.25) is 0 Å². The first-order valence-corrected chi connectivity index (χ1v) is 9.10. The first-order chi connectivity index (χ1) is 10.4. The number of likely N-dealkylation sites (tertiary alicyclic amines) is 1. The molecule has 1 N–H and O–H groups in total. The number of rotatable bonds is 5. The smallest absolute Gasteiger partial charge is 0.410 e. The summed E-state index contributed by atoms with van der Waals surface area (Å²) in [5, 5.41) is 3.71. The summed E-state index contributed by atoms with van der Waals surface area (Å²) in [7, 11) is 0. The maximum Gasteiger partial charge on any atom is 0.410 e. The zero-order valence-corrected chi connectivity index (χ0v) is 14.9. The Morgan fingerprint density at radius 3 is 2.59 bits per heavy atom. The van der Waals surface area contributed by atoms with Crippen molar-refractivity contribution in [2.75, 3.05) is 13.1 Å². The van der Waals surface area contributed by atoms with Crippen molar-refractivity contribution in [3.8, 4) is 0 Å². The van der Waals surface area contributed by atoms with E-state index in [1.54, 1.807) is 0 Å². The summed E-state index contributed by atoms with van der Waals surface area (Å²) in [5.74, 6) is 0. The largest absolute Gasteiger partial charge is 0.444 e. The van der Waals surface area contributed by atoms with Gasteiger partial charge in [-0.05, 0) is 65.8 Å². The Labute approximate surface area is 136 Å². The third-order valence-electron chi connectivity index (χ3n) is 5.01. The van der Waals surface area contributed by atoms with Gasteiger partial charge < -0.3 is 15.0 Å². The average Bonchev–Trinajstić information content (AvgIpc) is 2.39. The lowest BCUT2D eigenvalue weighted by molar-refractivity contribution is -0.0492. The van der Waals surface area contributed by atoms with E-state index in [1.807, 2.05) is 25.7 Å². The van der Waals surface area contributed by atoms with Crippen LogP contribution in [0.2, 0.25) is 0 Å². The molecule has 128 valence electrons. The fraction of sp³-hybridized carbons (Fsp3) is 0.944. The molecule has 1 aliphatic heterocycles. The van der Waals surface area contributed by atoms with Crippen LogP contribution in [0.1, 0.15) is 79.1 Å². The molecule has 1 amide bonds. The molecule has 22 heavy (non-hydrogen) atoms. The molecule has 1 unspecified atom stereocenters. The minimum Gasteiger partial charge on any atom is -0.444 e. The summed E-state index contributed by atoms with van der Waals surface area (Å²) in [6, 6.07) is 0.566. The number of hydrogen-bond acceptors (Lipinski definition) is 3. The van der Waals surface area contributed by atoms with E-state index < -0.39 is 5.60 Å². The van der Waals surface area contributed by atoms with E-state index in [9.17, 15) is 4.79 Å². The number of carbonyl (C=O) groups is 1. The lowest BCUT2D eigenvalue weighted by atomic mass is 9.69. The Hall–Kier alpha value is -0.770. The third kappa shape index (κ3) is 4.37. The first kappa shape index (κ1) is 17.6. The second kappa shape index (κ2) is 7.20. The van der Waals surface area contributed by atoms with Crippen LogP contribution in [0.4, 0.5) is 4.79 Å². The number of nitrogens with one attached hydrogen (secondary N) is 1. The molecular weight excluding hydrogens is 276 g/mol. The van der Waals surface area contributed by atoms with Gasteiger partial charge in [0.05, 0.1) is 0 Å². The van der Waals surface area contributed by atoms with Crippen LogP contribution in [0.5, 0.6) is 0 Å². The minimum atomic E-state index is -0.405. The second-order valence-electron chi connectivity index (χ2n) is 8.06. The van der Waals surface area contributed by atoms with Crippen LogP contribution >= 0.6 is 0 Å². The predicted octanol–water partition coefficient (Wildman–Crippen LogP) is 4.09. The van der Waals surface area contributed by atoms with Gasteiger partial charge in [0.2, 0.25) is 0 Å². The first-order valence-electron chi connectivity index (χ1n) is 9.10. The van der Waals surface area contributed by atoms with E-state index in [0.717, 1.165) is 38.8 Å². The molecule has 4 heteroatoms.